The first kappa shape index (κ1) is 10.8. The van der Waals surface area contributed by atoms with Crippen LogP contribution in [0.4, 0.5) is 11.6 Å². The second-order valence-corrected chi connectivity index (χ2v) is 4.00. The quantitative estimate of drug-likeness (QED) is 0.738. The van der Waals surface area contributed by atoms with E-state index in [1.807, 2.05) is 30.3 Å². The van der Waals surface area contributed by atoms with Crippen LogP contribution in [0.5, 0.6) is 0 Å². The SMILES string of the molecule is O=c1[nH]c(Nc2ccccc2)nc2ncn(Cl)c12. The molecule has 0 saturated heterocycles. The molecule has 0 amide bonds. The molecule has 2 heterocycles. The van der Waals surface area contributed by atoms with Crippen LogP contribution in [0.15, 0.2) is 41.5 Å². The van der Waals surface area contributed by atoms with Gasteiger partial charge >= 0.3 is 0 Å². The number of hydrogen-bond acceptors (Lipinski definition) is 4. The maximum Gasteiger partial charge on any atom is 0.279 e. The van der Waals surface area contributed by atoms with Crippen LogP contribution in [-0.4, -0.2) is 19.0 Å². The average Bonchev–Trinajstić information content (AvgIpc) is 2.72. The van der Waals surface area contributed by atoms with Gasteiger partial charge in [0.15, 0.2) is 11.2 Å². The Hall–Kier alpha value is -2.34. The fourth-order valence-electron chi connectivity index (χ4n) is 1.62. The summed E-state index contributed by atoms with van der Waals surface area (Å²) in [5.41, 5.74) is 1.01. The van der Waals surface area contributed by atoms with Gasteiger partial charge in [-0.25, -0.2) is 9.07 Å². The molecule has 0 radical (unpaired) electrons. The number of H-pyrrole nitrogens is 1. The summed E-state index contributed by atoms with van der Waals surface area (Å²) >= 11 is 5.76. The molecule has 18 heavy (non-hydrogen) atoms. The summed E-state index contributed by atoms with van der Waals surface area (Å²) in [5, 5.41) is 2.99. The molecular weight excluding hydrogens is 254 g/mol. The zero-order chi connectivity index (χ0) is 12.5. The molecule has 2 N–H and O–H groups in total. The predicted molar refractivity (Wildman–Crippen MR) is 69.1 cm³/mol. The molecule has 0 unspecified atom stereocenters. The van der Waals surface area contributed by atoms with Crippen LogP contribution < -0.4 is 10.9 Å². The van der Waals surface area contributed by atoms with Crippen LogP contribution in [0.3, 0.4) is 0 Å². The van der Waals surface area contributed by atoms with E-state index in [0.29, 0.717) is 11.6 Å². The third-order valence-electron chi connectivity index (χ3n) is 2.41. The van der Waals surface area contributed by atoms with Crippen molar-refractivity contribution in [3.63, 3.8) is 0 Å². The minimum absolute atomic E-state index is 0.232. The van der Waals surface area contributed by atoms with Crippen molar-refractivity contribution in [3.8, 4) is 0 Å². The number of rotatable bonds is 2. The van der Waals surface area contributed by atoms with Crippen LogP contribution in [0.2, 0.25) is 0 Å². The van der Waals surface area contributed by atoms with E-state index in [1.54, 1.807) is 0 Å². The summed E-state index contributed by atoms with van der Waals surface area (Å²) in [7, 11) is 0. The Kier molecular flexibility index (Phi) is 2.49. The first-order valence-corrected chi connectivity index (χ1v) is 5.53. The van der Waals surface area contributed by atoms with Crippen molar-refractivity contribution < 1.29 is 0 Å². The maximum atomic E-state index is 11.8. The number of fused-ring (bicyclic) bond motifs is 1. The molecule has 0 aliphatic heterocycles. The van der Waals surface area contributed by atoms with Crippen molar-refractivity contribution in [2.24, 2.45) is 0 Å². The fourth-order valence-corrected chi connectivity index (χ4v) is 1.81. The highest BCUT2D eigenvalue weighted by Gasteiger charge is 2.09. The number of halogens is 1. The van der Waals surface area contributed by atoms with Crippen LogP contribution in [0.25, 0.3) is 11.2 Å². The van der Waals surface area contributed by atoms with Gasteiger partial charge in [-0.3, -0.25) is 9.78 Å². The molecule has 90 valence electrons. The average molecular weight is 262 g/mol. The molecule has 0 spiro atoms. The Morgan fingerprint density at radius 1 is 1.28 bits per heavy atom. The number of imidazole rings is 1. The van der Waals surface area contributed by atoms with Gasteiger partial charge in [0.25, 0.3) is 5.56 Å². The highest BCUT2D eigenvalue weighted by atomic mass is 35.5. The Labute approximate surface area is 106 Å². The van der Waals surface area contributed by atoms with Crippen LogP contribution in [0, 0.1) is 0 Å². The van der Waals surface area contributed by atoms with E-state index < -0.39 is 0 Å². The van der Waals surface area contributed by atoms with Crippen molar-refractivity contribution in [3.05, 3.63) is 47.0 Å². The van der Waals surface area contributed by atoms with Gasteiger partial charge in [-0.1, -0.05) is 18.2 Å². The van der Waals surface area contributed by atoms with Crippen LogP contribution in [0.1, 0.15) is 0 Å². The van der Waals surface area contributed by atoms with E-state index in [1.165, 1.54) is 6.33 Å². The number of hydrogen-bond donors (Lipinski definition) is 2. The van der Waals surface area contributed by atoms with E-state index in [-0.39, 0.29) is 11.1 Å². The van der Waals surface area contributed by atoms with Crippen LogP contribution >= 0.6 is 11.8 Å². The zero-order valence-electron chi connectivity index (χ0n) is 9.09. The maximum absolute atomic E-state index is 11.8. The molecule has 3 aromatic rings. The van der Waals surface area contributed by atoms with Crippen molar-refractivity contribution in [2.75, 3.05) is 5.32 Å². The first-order valence-electron chi connectivity index (χ1n) is 5.19. The Balaban J connectivity index is 2.06. The Bertz CT molecular complexity index is 749. The summed E-state index contributed by atoms with van der Waals surface area (Å²) in [6.45, 7) is 0. The number of nitrogens with zero attached hydrogens (tertiary/aromatic N) is 3. The number of benzene rings is 1. The number of anilines is 2. The Morgan fingerprint density at radius 2 is 2.06 bits per heavy atom. The summed E-state index contributed by atoms with van der Waals surface area (Å²) in [4.78, 5) is 22.5. The number of aromatic nitrogens is 4. The van der Waals surface area contributed by atoms with Gasteiger partial charge in [-0.05, 0) is 12.1 Å². The highest BCUT2D eigenvalue weighted by molar-refractivity contribution is 6.18. The predicted octanol–water partition coefficient (Wildman–Crippen LogP) is 1.87. The molecular formula is C11H8ClN5O. The normalized spacial score (nSPS) is 10.7. The third-order valence-corrected chi connectivity index (χ3v) is 2.66. The zero-order valence-corrected chi connectivity index (χ0v) is 9.85. The molecule has 0 saturated carbocycles. The lowest BCUT2D eigenvalue weighted by molar-refractivity contribution is 1.15. The van der Waals surface area contributed by atoms with E-state index >= 15 is 0 Å². The lowest BCUT2D eigenvalue weighted by Crippen LogP contribution is -2.12. The van der Waals surface area contributed by atoms with Gasteiger partial charge < -0.3 is 5.32 Å². The summed E-state index contributed by atoms with van der Waals surface area (Å²) in [6.07, 6.45) is 1.33. The van der Waals surface area contributed by atoms with Crippen molar-refractivity contribution >= 4 is 34.6 Å². The molecule has 0 atom stereocenters. The van der Waals surface area contributed by atoms with Gasteiger partial charge in [-0.15, -0.1) is 0 Å². The minimum atomic E-state index is -0.342. The van der Waals surface area contributed by atoms with Crippen molar-refractivity contribution in [2.45, 2.75) is 0 Å². The van der Waals surface area contributed by atoms with Gasteiger partial charge in [0.1, 0.15) is 6.33 Å². The molecule has 0 bridgehead atoms. The third kappa shape index (κ3) is 1.82. The van der Waals surface area contributed by atoms with Crippen molar-refractivity contribution in [1.82, 2.24) is 19.0 Å². The molecule has 0 aliphatic rings. The minimum Gasteiger partial charge on any atom is -0.326 e. The number of nitrogens with one attached hydrogen (secondary N) is 2. The number of para-hydroxylation sites is 1. The molecule has 0 fully saturated rings. The van der Waals surface area contributed by atoms with Crippen molar-refractivity contribution in [1.29, 1.82) is 0 Å². The first-order chi connectivity index (χ1) is 8.74. The summed E-state index contributed by atoms with van der Waals surface area (Å²) in [5.74, 6) is 0.328. The summed E-state index contributed by atoms with van der Waals surface area (Å²) < 4.78 is 1.12. The van der Waals surface area contributed by atoms with E-state index in [0.717, 1.165) is 9.77 Å². The lowest BCUT2D eigenvalue weighted by Gasteiger charge is -2.04. The second kappa shape index (κ2) is 4.15. The Morgan fingerprint density at radius 3 is 2.83 bits per heavy atom. The van der Waals surface area contributed by atoms with E-state index in [2.05, 4.69) is 20.3 Å². The largest absolute Gasteiger partial charge is 0.326 e. The van der Waals surface area contributed by atoms with Gasteiger partial charge in [0, 0.05) is 17.5 Å². The lowest BCUT2D eigenvalue weighted by atomic mass is 10.3. The van der Waals surface area contributed by atoms with E-state index in [9.17, 15) is 4.79 Å². The molecule has 1 aromatic carbocycles. The van der Waals surface area contributed by atoms with Gasteiger partial charge in [-0.2, -0.15) is 4.98 Å². The standard InChI is InChI=1S/C11H8ClN5O/c12-17-6-13-9-8(17)10(18)16-11(15-9)14-7-4-2-1-3-5-7/h1-6H,(H2,14,15,16,18). The molecule has 7 heteroatoms. The molecule has 3 rings (SSSR count). The van der Waals surface area contributed by atoms with Gasteiger partial charge in [0.2, 0.25) is 5.95 Å². The topological polar surface area (TPSA) is 75.6 Å². The van der Waals surface area contributed by atoms with Crippen LogP contribution in [-0.2, 0) is 0 Å². The van der Waals surface area contributed by atoms with E-state index in [4.69, 9.17) is 11.8 Å². The number of aromatic amines is 1. The second-order valence-electron chi connectivity index (χ2n) is 3.63. The fraction of sp³-hybridized carbons (Fsp3) is 0. The highest BCUT2D eigenvalue weighted by Crippen LogP contribution is 2.13. The molecule has 2 aromatic heterocycles. The monoisotopic (exact) mass is 261 g/mol. The summed E-state index contributed by atoms with van der Waals surface area (Å²) in [6, 6.07) is 9.40. The smallest absolute Gasteiger partial charge is 0.279 e. The molecule has 6 nitrogen and oxygen atoms in total. The van der Waals surface area contributed by atoms with Gasteiger partial charge in [0.05, 0.1) is 0 Å². The molecule has 0 aliphatic carbocycles.